The van der Waals surface area contributed by atoms with Crippen LogP contribution in [0.2, 0.25) is 0 Å². The third-order valence-corrected chi connectivity index (χ3v) is 3.50. The van der Waals surface area contributed by atoms with Crippen LogP contribution in [0.15, 0.2) is 12.3 Å². The zero-order valence-corrected chi connectivity index (χ0v) is 12.8. The molecule has 1 heterocycles. The molecule has 1 aromatic heterocycles. The minimum atomic E-state index is 0.505. The summed E-state index contributed by atoms with van der Waals surface area (Å²) < 4.78 is 0. The van der Waals surface area contributed by atoms with Gasteiger partial charge in [-0.05, 0) is 39.0 Å². The highest BCUT2D eigenvalue weighted by atomic mass is 15.2. The van der Waals surface area contributed by atoms with Gasteiger partial charge in [-0.25, -0.2) is 4.98 Å². The Morgan fingerprint density at radius 3 is 2.40 bits per heavy atom. The molecule has 1 aromatic rings. The van der Waals surface area contributed by atoms with E-state index in [4.69, 9.17) is 11.0 Å². The standard InChI is InChI=1S/C15H25N5/c1-4-19(5-2)8-7-9-20(6-3)15-14(17)10-13(11-16)12-18-15/h10,12H,4-9,17H2,1-3H3. The van der Waals surface area contributed by atoms with E-state index in [0.29, 0.717) is 11.3 Å². The molecule has 5 heteroatoms. The van der Waals surface area contributed by atoms with Crippen LogP contribution in [0.25, 0.3) is 0 Å². The monoisotopic (exact) mass is 275 g/mol. The van der Waals surface area contributed by atoms with E-state index in [1.54, 1.807) is 12.3 Å². The fourth-order valence-electron chi connectivity index (χ4n) is 2.24. The topological polar surface area (TPSA) is 69.2 Å². The molecule has 0 unspecified atom stereocenters. The minimum Gasteiger partial charge on any atom is -0.396 e. The van der Waals surface area contributed by atoms with Gasteiger partial charge in [-0.2, -0.15) is 5.26 Å². The quantitative estimate of drug-likeness (QED) is 0.786. The first-order chi connectivity index (χ1) is 9.65. The number of nitrogens with zero attached hydrogens (tertiary/aromatic N) is 4. The first-order valence-corrected chi connectivity index (χ1v) is 7.29. The fraction of sp³-hybridized carbons (Fsp3) is 0.600. The van der Waals surface area contributed by atoms with E-state index in [-0.39, 0.29) is 0 Å². The van der Waals surface area contributed by atoms with Crippen molar-refractivity contribution < 1.29 is 0 Å². The lowest BCUT2D eigenvalue weighted by Crippen LogP contribution is -2.30. The number of pyridine rings is 1. The van der Waals surface area contributed by atoms with E-state index >= 15 is 0 Å². The van der Waals surface area contributed by atoms with Gasteiger partial charge in [0.15, 0.2) is 5.82 Å². The zero-order chi connectivity index (χ0) is 15.0. The Balaban J connectivity index is 2.65. The lowest BCUT2D eigenvalue weighted by molar-refractivity contribution is 0.300. The number of nitrogen functional groups attached to an aromatic ring is 1. The fourth-order valence-corrected chi connectivity index (χ4v) is 2.24. The molecule has 0 aliphatic carbocycles. The Hall–Kier alpha value is -1.80. The van der Waals surface area contributed by atoms with Gasteiger partial charge < -0.3 is 15.5 Å². The first-order valence-electron chi connectivity index (χ1n) is 7.29. The number of hydrogen-bond donors (Lipinski definition) is 1. The Kier molecular flexibility index (Phi) is 6.82. The van der Waals surface area contributed by atoms with Gasteiger partial charge in [-0.3, -0.25) is 0 Å². The molecule has 20 heavy (non-hydrogen) atoms. The van der Waals surface area contributed by atoms with E-state index in [0.717, 1.165) is 45.0 Å². The van der Waals surface area contributed by atoms with Crippen LogP contribution in [0.3, 0.4) is 0 Å². The number of aromatic nitrogens is 1. The van der Waals surface area contributed by atoms with Gasteiger partial charge in [-0.1, -0.05) is 13.8 Å². The second kappa shape index (κ2) is 8.39. The molecular formula is C15H25N5. The highest BCUT2D eigenvalue weighted by Crippen LogP contribution is 2.21. The smallest absolute Gasteiger partial charge is 0.151 e. The lowest BCUT2D eigenvalue weighted by atomic mass is 10.2. The van der Waals surface area contributed by atoms with Crippen molar-refractivity contribution in [2.45, 2.75) is 27.2 Å². The summed E-state index contributed by atoms with van der Waals surface area (Å²) in [5.41, 5.74) is 7.07. The third-order valence-electron chi connectivity index (χ3n) is 3.50. The van der Waals surface area contributed by atoms with Gasteiger partial charge in [0, 0.05) is 19.3 Å². The minimum absolute atomic E-state index is 0.505. The Morgan fingerprint density at radius 2 is 1.90 bits per heavy atom. The van der Waals surface area contributed by atoms with Crippen molar-refractivity contribution >= 4 is 11.5 Å². The summed E-state index contributed by atoms with van der Waals surface area (Å²) in [5.74, 6) is 0.783. The lowest BCUT2D eigenvalue weighted by Gasteiger charge is -2.25. The predicted molar refractivity (Wildman–Crippen MR) is 83.7 cm³/mol. The van der Waals surface area contributed by atoms with E-state index in [1.165, 1.54) is 0 Å². The Bertz CT molecular complexity index is 448. The van der Waals surface area contributed by atoms with Crippen molar-refractivity contribution in [3.63, 3.8) is 0 Å². The van der Waals surface area contributed by atoms with Crippen molar-refractivity contribution in [1.82, 2.24) is 9.88 Å². The third kappa shape index (κ3) is 4.39. The molecular weight excluding hydrogens is 250 g/mol. The maximum atomic E-state index is 8.84. The van der Waals surface area contributed by atoms with Crippen LogP contribution >= 0.6 is 0 Å². The second-order valence-electron chi connectivity index (χ2n) is 4.71. The Labute approximate surface area is 122 Å². The normalized spacial score (nSPS) is 10.6. The van der Waals surface area contributed by atoms with Crippen LogP contribution in [0.5, 0.6) is 0 Å². The van der Waals surface area contributed by atoms with Crippen molar-refractivity contribution in [3.8, 4) is 6.07 Å². The molecule has 0 bridgehead atoms. The SMILES string of the molecule is CCN(CC)CCCN(CC)c1ncc(C#N)cc1N. The van der Waals surface area contributed by atoms with Gasteiger partial charge in [0.25, 0.3) is 0 Å². The summed E-state index contributed by atoms with van der Waals surface area (Å²) in [5, 5.41) is 8.84. The van der Waals surface area contributed by atoms with Crippen LogP contribution in [0.1, 0.15) is 32.8 Å². The molecule has 5 nitrogen and oxygen atoms in total. The number of hydrogen-bond acceptors (Lipinski definition) is 5. The highest BCUT2D eigenvalue weighted by Gasteiger charge is 2.10. The summed E-state index contributed by atoms with van der Waals surface area (Å²) in [4.78, 5) is 8.90. The molecule has 0 aliphatic rings. The molecule has 0 aromatic carbocycles. The van der Waals surface area contributed by atoms with Crippen LogP contribution < -0.4 is 10.6 Å². The molecule has 1 rings (SSSR count). The molecule has 0 spiro atoms. The highest BCUT2D eigenvalue weighted by molar-refractivity contribution is 5.64. The van der Waals surface area contributed by atoms with Crippen LogP contribution in [-0.2, 0) is 0 Å². The van der Waals surface area contributed by atoms with Crippen LogP contribution in [-0.4, -0.2) is 42.6 Å². The summed E-state index contributed by atoms with van der Waals surface area (Å²) in [6.45, 7) is 11.5. The number of nitrogens with two attached hydrogens (primary N) is 1. The second-order valence-corrected chi connectivity index (χ2v) is 4.71. The van der Waals surface area contributed by atoms with Gasteiger partial charge in [0.1, 0.15) is 6.07 Å². The van der Waals surface area contributed by atoms with Crippen molar-refractivity contribution in [3.05, 3.63) is 17.8 Å². The van der Waals surface area contributed by atoms with Crippen LogP contribution in [0.4, 0.5) is 11.5 Å². The molecule has 110 valence electrons. The first kappa shape index (κ1) is 16.3. The van der Waals surface area contributed by atoms with Gasteiger partial charge in [0.05, 0.1) is 11.3 Å². The van der Waals surface area contributed by atoms with Gasteiger partial charge >= 0.3 is 0 Å². The van der Waals surface area contributed by atoms with E-state index in [1.807, 2.05) is 0 Å². The average molecular weight is 275 g/mol. The molecule has 0 saturated heterocycles. The largest absolute Gasteiger partial charge is 0.396 e. The maximum absolute atomic E-state index is 8.84. The molecule has 0 aliphatic heterocycles. The molecule has 0 fully saturated rings. The predicted octanol–water partition coefficient (Wildman–Crippen LogP) is 2.09. The molecule has 2 N–H and O–H groups in total. The van der Waals surface area contributed by atoms with Crippen molar-refractivity contribution in [1.29, 1.82) is 5.26 Å². The zero-order valence-electron chi connectivity index (χ0n) is 12.8. The van der Waals surface area contributed by atoms with Crippen molar-refractivity contribution in [2.75, 3.05) is 43.4 Å². The molecule has 0 amide bonds. The van der Waals surface area contributed by atoms with E-state index < -0.39 is 0 Å². The number of nitriles is 1. The molecule has 0 atom stereocenters. The van der Waals surface area contributed by atoms with E-state index in [9.17, 15) is 0 Å². The number of rotatable bonds is 8. The maximum Gasteiger partial charge on any atom is 0.151 e. The van der Waals surface area contributed by atoms with Gasteiger partial charge in [-0.15, -0.1) is 0 Å². The summed E-state index contributed by atoms with van der Waals surface area (Å²) in [6, 6.07) is 3.75. The summed E-state index contributed by atoms with van der Waals surface area (Å²) >= 11 is 0. The van der Waals surface area contributed by atoms with Crippen LogP contribution in [0, 0.1) is 11.3 Å². The van der Waals surface area contributed by atoms with Crippen molar-refractivity contribution in [2.24, 2.45) is 0 Å². The van der Waals surface area contributed by atoms with Gasteiger partial charge in [0.2, 0.25) is 0 Å². The number of anilines is 2. The molecule has 0 radical (unpaired) electrons. The molecule has 0 saturated carbocycles. The summed E-state index contributed by atoms with van der Waals surface area (Å²) in [6.07, 6.45) is 2.66. The average Bonchev–Trinajstić information content (AvgIpc) is 2.48. The van der Waals surface area contributed by atoms with E-state index in [2.05, 4.69) is 41.6 Å². The Morgan fingerprint density at radius 1 is 1.20 bits per heavy atom. The summed E-state index contributed by atoms with van der Waals surface area (Å²) in [7, 11) is 0.